The lowest BCUT2D eigenvalue weighted by Crippen LogP contribution is -2.09. The number of hydrogen-bond acceptors (Lipinski definition) is 3. The van der Waals surface area contributed by atoms with E-state index in [1.54, 1.807) is 18.2 Å². The second-order valence-corrected chi connectivity index (χ2v) is 5.94. The van der Waals surface area contributed by atoms with Gasteiger partial charge in [0, 0.05) is 18.4 Å². The van der Waals surface area contributed by atoms with Crippen LogP contribution in [0.5, 0.6) is 0 Å². The average Bonchev–Trinajstić information content (AvgIpc) is 2.63. The summed E-state index contributed by atoms with van der Waals surface area (Å²) in [5, 5.41) is 1.37. The first-order valence-electron chi connectivity index (χ1n) is 6.08. The van der Waals surface area contributed by atoms with E-state index < -0.39 is 10.1 Å². The minimum atomic E-state index is -4.45. The van der Waals surface area contributed by atoms with Crippen LogP contribution >= 0.6 is 0 Å². The van der Waals surface area contributed by atoms with E-state index in [0.717, 1.165) is 28.9 Å². The average molecular weight is 275 g/mol. The monoisotopic (exact) mass is 275 g/mol. The van der Waals surface area contributed by atoms with Crippen molar-refractivity contribution in [2.75, 3.05) is 6.54 Å². The van der Waals surface area contributed by atoms with Crippen molar-refractivity contribution >= 4 is 32.3 Å². The lowest BCUT2D eigenvalue weighted by atomic mass is 10.0. The Bertz CT molecular complexity index is 835. The number of nitrogens with zero attached hydrogens (tertiary/aromatic N) is 1. The lowest BCUT2D eigenvalue weighted by molar-refractivity contribution is -0.432. The normalized spacial score (nSPS) is 14.5. The van der Waals surface area contributed by atoms with Crippen molar-refractivity contribution in [3.05, 3.63) is 35.9 Å². The van der Waals surface area contributed by atoms with Crippen LogP contribution in [0, 0.1) is 0 Å². The molecule has 4 nitrogen and oxygen atoms in total. The summed E-state index contributed by atoms with van der Waals surface area (Å²) in [4.78, 5) is -0.140. The Morgan fingerprint density at radius 1 is 1.21 bits per heavy atom. The Labute approximate surface area is 111 Å². The predicted molar refractivity (Wildman–Crippen MR) is 72.2 cm³/mol. The van der Waals surface area contributed by atoms with Gasteiger partial charge in [0.05, 0.1) is 15.8 Å². The maximum absolute atomic E-state index is 11.3. The number of hydrogen-bond donors (Lipinski definition) is 0. The molecule has 0 radical (unpaired) electrons. The second-order valence-electron chi connectivity index (χ2n) is 4.59. The van der Waals surface area contributed by atoms with Crippen molar-refractivity contribution in [1.29, 1.82) is 0 Å². The first-order chi connectivity index (χ1) is 8.95. The molecule has 0 amide bonds. The van der Waals surface area contributed by atoms with Crippen LogP contribution in [0.2, 0.25) is 0 Å². The van der Waals surface area contributed by atoms with Gasteiger partial charge in [-0.1, -0.05) is 12.1 Å². The first-order valence-corrected chi connectivity index (χ1v) is 7.49. The summed E-state index contributed by atoms with van der Waals surface area (Å²) in [6.45, 7) is 4.85. The summed E-state index contributed by atoms with van der Waals surface area (Å²) in [6.07, 6.45) is 0. The maximum Gasteiger partial charge on any atom is 0.214 e. The minimum Gasteiger partial charge on any atom is -0.744 e. The summed E-state index contributed by atoms with van der Waals surface area (Å²) < 4.78 is 36.2. The van der Waals surface area contributed by atoms with Crippen LogP contribution < -0.4 is 0 Å². The van der Waals surface area contributed by atoms with E-state index in [4.69, 9.17) is 0 Å². The summed E-state index contributed by atoms with van der Waals surface area (Å²) in [7, 11) is -4.45. The molecule has 98 valence electrons. The smallest absolute Gasteiger partial charge is 0.214 e. The van der Waals surface area contributed by atoms with Gasteiger partial charge in [-0.3, -0.25) is 0 Å². The molecule has 2 aromatic carbocycles. The number of benzene rings is 2. The fourth-order valence-corrected chi connectivity index (χ4v) is 3.51. The van der Waals surface area contributed by atoms with Gasteiger partial charge in [0.25, 0.3) is 0 Å². The quantitative estimate of drug-likeness (QED) is 0.623. The fourth-order valence-electron chi connectivity index (χ4n) is 2.84. The van der Waals surface area contributed by atoms with Crippen molar-refractivity contribution in [2.45, 2.75) is 18.7 Å². The molecule has 19 heavy (non-hydrogen) atoms. The van der Waals surface area contributed by atoms with Gasteiger partial charge in [-0.15, -0.1) is 0 Å². The minimum absolute atomic E-state index is 0.140. The Kier molecular flexibility index (Phi) is 2.52. The molecule has 0 fully saturated rings. The highest BCUT2D eigenvalue weighted by Crippen LogP contribution is 2.37. The molecule has 1 aliphatic heterocycles. The molecule has 0 saturated heterocycles. The summed E-state index contributed by atoms with van der Waals surface area (Å²) in [5.74, 6) is 0. The van der Waals surface area contributed by atoms with Crippen molar-refractivity contribution in [3.63, 3.8) is 0 Å². The molecule has 0 saturated carbocycles. The Hall–Kier alpha value is -1.72. The molecule has 0 N–H and O–H groups in total. The van der Waals surface area contributed by atoms with Crippen LogP contribution in [0.4, 0.5) is 5.69 Å². The van der Waals surface area contributed by atoms with Crippen molar-refractivity contribution in [1.82, 2.24) is 0 Å². The summed E-state index contributed by atoms with van der Waals surface area (Å²) in [6, 6.07) is 8.57. The molecule has 2 aromatic rings. The molecule has 0 atom stereocenters. The molecule has 0 spiro atoms. The van der Waals surface area contributed by atoms with E-state index in [1.165, 1.54) is 6.07 Å². The van der Waals surface area contributed by atoms with E-state index in [0.29, 0.717) is 5.39 Å². The molecule has 5 heteroatoms. The molecular formula is C14H13NO3S. The van der Waals surface area contributed by atoms with Gasteiger partial charge in [0.15, 0.2) is 5.71 Å². The predicted octanol–water partition coefficient (Wildman–Crippen LogP) is 2.23. The van der Waals surface area contributed by atoms with Gasteiger partial charge in [0.2, 0.25) is 5.69 Å². The first kappa shape index (κ1) is 12.3. The van der Waals surface area contributed by atoms with Gasteiger partial charge < -0.3 is 4.55 Å². The molecule has 1 aliphatic rings. The van der Waals surface area contributed by atoms with Gasteiger partial charge in [-0.25, -0.2) is 8.42 Å². The van der Waals surface area contributed by atoms with E-state index in [2.05, 4.69) is 4.58 Å². The molecule has 0 aliphatic carbocycles. The standard InChI is InChI=1S/C14H13NO3S/c1-3-15-9(2)10-5-4-6-11-13(19(16,17)18)8-7-12(15)14(10)11/h4-8H,3H2,1-2H3. The highest BCUT2D eigenvalue weighted by molar-refractivity contribution is 7.86. The molecule has 0 aromatic heterocycles. The lowest BCUT2D eigenvalue weighted by Gasteiger charge is -2.10. The third kappa shape index (κ3) is 1.62. The van der Waals surface area contributed by atoms with Crippen LogP contribution in [0.25, 0.3) is 10.8 Å². The zero-order valence-electron chi connectivity index (χ0n) is 10.7. The Morgan fingerprint density at radius 2 is 1.95 bits per heavy atom. The molecule has 0 unspecified atom stereocenters. The molecule has 3 rings (SSSR count). The maximum atomic E-state index is 11.3. The van der Waals surface area contributed by atoms with Gasteiger partial charge in [0.1, 0.15) is 16.7 Å². The zero-order valence-corrected chi connectivity index (χ0v) is 11.5. The molecular weight excluding hydrogens is 262 g/mol. The van der Waals surface area contributed by atoms with E-state index in [9.17, 15) is 13.0 Å². The summed E-state index contributed by atoms with van der Waals surface area (Å²) >= 11 is 0. The van der Waals surface area contributed by atoms with Crippen molar-refractivity contribution in [2.24, 2.45) is 0 Å². The van der Waals surface area contributed by atoms with Crippen molar-refractivity contribution < 1.29 is 17.5 Å². The van der Waals surface area contributed by atoms with Gasteiger partial charge in [-0.2, -0.15) is 4.58 Å². The third-order valence-electron chi connectivity index (χ3n) is 3.65. The van der Waals surface area contributed by atoms with Gasteiger partial charge >= 0.3 is 0 Å². The van der Waals surface area contributed by atoms with Crippen LogP contribution in [0.1, 0.15) is 19.4 Å². The van der Waals surface area contributed by atoms with E-state index in [1.807, 2.05) is 19.9 Å². The molecule has 1 heterocycles. The molecule has 0 bridgehead atoms. The van der Waals surface area contributed by atoms with Crippen LogP contribution in [0.3, 0.4) is 0 Å². The third-order valence-corrected chi connectivity index (χ3v) is 4.54. The van der Waals surface area contributed by atoms with Crippen LogP contribution in [0.15, 0.2) is 35.2 Å². The van der Waals surface area contributed by atoms with E-state index in [-0.39, 0.29) is 4.90 Å². The van der Waals surface area contributed by atoms with Crippen LogP contribution in [-0.2, 0) is 10.1 Å². The van der Waals surface area contributed by atoms with Gasteiger partial charge in [-0.05, 0) is 19.1 Å². The second kappa shape index (κ2) is 3.88. The van der Waals surface area contributed by atoms with Crippen molar-refractivity contribution in [3.8, 4) is 0 Å². The zero-order chi connectivity index (χ0) is 13.8. The van der Waals surface area contributed by atoms with Crippen LogP contribution in [-0.4, -0.2) is 29.8 Å². The van der Waals surface area contributed by atoms with E-state index >= 15 is 0 Å². The largest absolute Gasteiger partial charge is 0.744 e. The highest BCUT2D eigenvalue weighted by atomic mass is 32.2. The summed E-state index contributed by atoms with van der Waals surface area (Å²) in [5.41, 5.74) is 3.06. The topological polar surface area (TPSA) is 60.2 Å². The Morgan fingerprint density at radius 3 is 2.58 bits per heavy atom. The number of rotatable bonds is 2. The SMILES string of the molecule is CC[N+]1=C(C)c2cccc3c(S(=O)(=O)[O-])ccc1c23. The highest BCUT2D eigenvalue weighted by Gasteiger charge is 2.29. The fraction of sp³-hybridized carbons (Fsp3) is 0.214. The Balaban J connectivity index is 2.50.